The molecule has 0 aliphatic carbocycles. The maximum absolute atomic E-state index is 12.1. The molecule has 1 aromatic carbocycles. The van der Waals surface area contributed by atoms with Crippen molar-refractivity contribution in [3.05, 3.63) is 46.4 Å². The molecule has 0 atom stereocenters. The first-order valence-corrected chi connectivity index (χ1v) is 7.48. The van der Waals surface area contributed by atoms with E-state index >= 15 is 0 Å². The zero-order valence-corrected chi connectivity index (χ0v) is 12.8. The number of thiazole rings is 1. The van der Waals surface area contributed by atoms with Crippen LogP contribution in [-0.2, 0) is 6.61 Å². The van der Waals surface area contributed by atoms with Crippen LogP contribution in [-0.4, -0.2) is 28.1 Å². The summed E-state index contributed by atoms with van der Waals surface area (Å²) in [7, 11) is 0. The SMILES string of the molecule is CC(C)(CO)NC(=O)c1cccc(OCc2cscn2)c1. The van der Waals surface area contributed by atoms with Gasteiger partial charge in [-0.05, 0) is 32.0 Å². The Hall–Kier alpha value is -1.92. The van der Waals surface area contributed by atoms with Gasteiger partial charge in [0.25, 0.3) is 5.91 Å². The first-order chi connectivity index (χ1) is 10.00. The van der Waals surface area contributed by atoms with Gasteiger partial charge in [0.05, 0.1) is 23.4 Å². The summed E-state index contributed by atoms with van der Waals surface area (Å²) in [5.74, 6) is 0.366. The molecular weight excluding hydrogens is 288 g/mol. The molecule has 0 bridgehead atoms. The molecule has 6 heteroatoms. The van der Waals surface area contributed by atoms with Gasteiger partial charge in [-0.15, -0.1) is 11.3 Å². The summed E-state index contributed by atoms with van der Waals surface area (Å²) in [6.07, 6.45) is 0. The van der Waals surface area contributed by atoms with E-state index in [1.807, 2.05) is 5.38 Å². The van der Waals surface area contributed by atoms with Crippen molar-refractivity contribution in [2.45, 2.75) is 26.0 Å². The minimum absolute atomic E-state index is 0.126. The molecule has 0 fully saturated rings. The number of hydrogen-bond acceptors (Lipinski definition) is 5. The molecule has 0 spiro atoms. The van der Waals surface area contributed by atoms with Gasteiger partial charge >= 0.3 is 0 Å². The Labute approximate surface area is 127 Å². The number of nitrogens with zero attached hydrogens (tertiary/aromatic N) is 1. The predicted molar refractivity (Wildman–Crippen MR) is 81.5 cm³/mol. The standard InChI is InChI=1S/C15H18N2O3S/c1-15(2,9-18)17-14(19)11-4-3-5-13(6-11)20-7-12-8-21-10-16-12/h3-6,8,10,18H,7,9H2,1-2H3,(H,17,19). The molecule has 1 aromatic heterocycles. The van der Waals surface area contributed by atoms with Gasteiger partial charge in [-0.3, -0.25) is 4.79 Å². The maximum Gasteiger partial charge on any atom is 0.251 e. The summed E-state index contributed by atoms with van der Waals surface area (Å²) in [4.78, 5) is 16.3. The fourth-order valence-corrected chi connectivity index (χ4v) is 2.16. The van der Waals surface area contributed by atoms with Gasteiger partial charge in [0.2, 0.25) is 0 Å². The molecule has 0 saturated heterocycles. The molecular formula is C15H18N2O3S. The molecule has 2 N–H and O–H groups in total. The molecule has 1 amide bonds. The summed E-state index contributed by atoms with van der Waals surface area (Å²) in [5.41, 5.74) is 2.44. The van der Waals surface area contributed by atoms with Crippen molar-refractivity contribution < 1.29 is 14.6 Å². The van der Waals surface area contributed by atoms with E-state index < -0.39 is 5.54 Å². The lowest BCUT2D eigenvalue weighted by Gasteiger charge is -2.23. The van der Waals surface area contributed by atoms with Gasteiger partial charge in [-0.2, -0.15) is 0 Å². The Morgan fingerprint density at radius 1 is 1.48 bits per heavy atom. The van der Waals surface area contributed by atoms with E-state index in [-0.39, 0.29) is 12.5 Å². The molecule has 112 valence electrons. The summed E-state index contributed by atoms with van der Waals surface area (Å²) in [5, 5.41) is 13.9. The zero-order chi connectivity index (χ0) is 15.3. The van der Waals surface area contributed by atoms with Crippen LogP contribution < -0.4 is 10.1 Å². The largest absolute Gasteiger partial charge is 0.487 e. The van der Waals surface area contributed by atoms with Crippen LogP contribution in [0.2, 0.25) is 0 Å². The highest BCUT2D eigenvalue weighted by atomic mass is 32.1. The number of hydrogen-bond donors (Lipinski definition) is 2. The van der Waals surface area contributed by atoms with E-state index in [0.29, 0.717) is 17.9 Å². The number of nitrogens with one attached hydrogen (secondary N) is 1. The number of benzene rings is 1. The van der Waals surface area contributed by atoms with Crippen LogP contribution in [0.1, 0.15) is 29.9 Å². The fourth-order valence-electron chi connectivity index (χ4n) is 1.61. The average molecular weight is 306 g/mol. The van der Waals surface area contributed by atoms with Crippen LogP contribution in [0.15, 0.2) is 35.2 Å². The molecule has 0 saturated carbocycles. The number of carbonyl (C=O) groups excluding carboxylic acids is 1. The second-order valence-corrected chi connectivity index (χ2v) is 6.01. The van der Waals surface area contributed by atoms with Gasteiger partial charge in [0.15, 0.2) is 0 Å². The van der Waals surface area contributed by atoms with E-state index in [1.54, 1.807) is 43.6 Å². The summed E-state index contributed by atoms with van der Waals surface area (Å²) in [6, 6.07) is 6.94. The molecule has 0 aliphatic rings. The Morgan fingerprint density at radius 3 is 2.95 bits per heavy atom. The Kier molecular flexibility index (Phi) is 4.93. The summed E-state index contributed by atoms with van der Waals surface area (Å²) < 4.78 is 5.61. The maximum atomic E-state index is 12.1. The Bertz CT molecular complexity index is 597. The molecule has 2 aromatic rings. The third kappa shape index (κ3) is 4.54. The quantitative estimate of drug-likeness (QED) is 0.858. The third-order valence-corrected chi connectivity index (χ3v) is 3.45. The summed E-state index contributed by atoms with van der Waals surface area (Å²) >= 11 is 1.51. The van der Waals surface area contributed by atoms with Crippen LogP contribution in [0.25, 0.3) is 0 Å². The topological polar surface area (TPSA) is 71.5 Å². The molecule has 0 unspecified atom stereocenters. The van der Waals surface area contributed by atoms with Crippen molar-refractivity contribution in [2.24, 2.45) is 0 Å². The normalized spacial score (nSPS) is 11.2. The fraction of sp³-hybridized carbons (Fsp3) is 0.333. The average Bonchev–Trinajstić information content (AvgIpc) is 2.98. The van der Waals surface area contributed by atoms with Crippen LogP contribution in [0.5, 0.6) is 5.75 Å². The molecule has 21 heavy (non-hydrogen) atoms. The Balaban J connectivity index is 2.01. The smallest absolute Gasteiger partial charge is 0.251 e. The van der Waals surface area contributed by atoms with Gasteiger partial charge in [-0.25, -0.2) is 4.98 Å². The van der Waals surface area contributed by atoms with E-state index in [9.17, 15) is 9.90 Å². The predicted octanol–water partition coefficient (Wildman–Crippen LogP) is 2.22. The number of aliphatic hydroxyl groups is 1. The minimum atomic E-state index is -0.658. The number of aromatic nitrogens is 1. The highest BCUT2D eigenvalue weighted by Crippen LogP contribution is 2.16. The van der Waals surface area contributed by atoms with Crippen molar-refractivity contribution in [1.82, 2.24) is 10.3 Å². The number of aliphatic hydroxyl groups excluding tert-OH is 1. The highest BCUT2D eigenvalue weighted by molar-refractivity contribution is 7.07. The van der Waals surface area contributed by atoms with Crippen LogP contribution in [0, 0.1) is 0 Å². The minimum Gasteiger partial charge on any atom is -0.487 e. The van der Waals surface area contributed by atoms with Gasteiger partial charge in [-0.1, -0.05) is 6.07 Å². The van der Waals surface area contributed by atoms with Crippen molar-refractivity contribution in [3.8, 4) is 5.75 Å². The number of rotatable bonds is 6. The van der Waals surface area contributed by atoms with E-state index in [0.717, 1.165) is 5.69 Å². The van der Waals surface area contributed by atoms with Gasteiger partial charge in [0, 0.05) is 10.9 Å². The van der Waals surface area contributed by atoms with E-state index in [4.69, 9.17) is 4.74 Å². The third-order valence-electron chi connectivity index (χ3n) is 2.81. The van der Waals surface area contributed by atoms with Crippen molar-refractivity contribution in [3.63, 3.8) is 0 Å². The van der Waals surface area contributed by atoms with Crippen LogP contribution in [0.3, 0.4) is 0 Å². The first-order valence-electron chi connectivity index (χ1n) is 6.53. The van der Waals surface area contributed by atoms with Crippen LogP contribution in [0.4, 0.5) is 0 Å². The lowest BCUT2D eigenvalue weighted by atomic mass is 10.1. The van der Waals surface area contributed by atoms with Crippen LogP contribution >= 0.6 is 11.3 Å². The highest BCUT2D eigenvalue weighted by Gasteiger charge is 2.20. The number of amides is 1. The molecule has 0 radical (unpaired) electrons. The monoisotopic (exact) mass is 306 g/mol. The second kappa shape index (κ2) is 6.69. The molecule has 1 heterocycles. The molecule has 0 aliphatic heterocycles. The van der Waals surface area contributed by atoms with Crippen molar-refractivity contribution in [2.75, 3.05) is 6.61 Å². The van der Waals surface area contributed by atoms with Gasteiger partial charge in [0.1, 0.15) is 12.4 Å². The molecule has 2 rings (SSSR count). The summed E-state index contributed by atoms with van der Waals surface area (Å²) in [6.45, 7) is 3.76. The second-order valence-electron chi connectivity index (χ2n) is 5.29. The van der Waals surface area contributed by atoms with E-state index in [2.05, 4.69) is 10.3 Å². The number of ether oxygens (including phenoxy) is 1. The number of carbonyl (C=O) groups is 1. The van der Waals surface area contributed by atoms with Crippen molar-refractivity contribution >= 4 is 17.2 Å². The lowest BCUT2D eigenvalue weighted by Crippen LogP contribution is -2.46. The lowest BCUT2D eigenvalue weighted by molar-refractivity contribution is 0.0869. The van der Waals surface area contributed by atoms with E-state index in [1.165, 1.54) is 11.3 Å². The van der Waals surface area contributed by atoms with Crippen molar-refractivity contribution in [1.29, 1.82) is 0 Å². The molecule has 5 nitrogen and oxygen atoms in total. The Morgan fingerprint density at radius 2 is 2.29 bits per heavy atom. The first kappa shape index (κ1) is 15.5. The van der Waals surface area contributed by atoms with Gasteiger partial charge < -0.3 is 15.2 Å². The zero-order valence-electron chi connectivity index (χ0n) is 12.0.